The van der Waals surface area contributed by atoms with E-state index in [0.29, 0.717) is 22.7 Å². The molecule has 0 aliphatic heterocycles. The van der Waals surface area contributed by atoms with Gasteiger partial charge in [-0.05, 0) is 31.2 Å². The molecule has 1 heterocycles. The lowest BCUT2D eigenvalue weighted by atomic mass is 10.1. The van der Waals surface area contributed by atoms with Gasteiger partial charge in [-0.3, -0.25) is 14.9 Å². The van der Waals surface area contributed by atoms with Gasteiger partial charge in [-0.25, -0.2) is 4.68 Å². The zero-order valence-corrected chi connectivity index (χ0v) is 16.9. The van der Waals surface area contributed by atoms with Gasteiger partial charge >= 0.3 is 6.36 Å². The van der Waals surface area contributed by atoms with Crippen molar-refractivity contribution in [2.45, 2.75) is 13.3 Å². The molecule has 0 saturated carbocycles. The lowest BCUT2D eigenvalue weighted by Gasteiger charge is -2.09. The Labute approximate surface area is 181 Å². The largest absolute Gasteiger partial charge is 0.573 e. The minimum absolute atomic E-state index is 0.232. The van der Waals surface area contributed by atoms with Crippen LogP contribution in [0.3, 0.4) is 0 Å². The lowest BCUT2D eigenvalue weighted by Crippen LogP contribution is -2.19. The average molecular weight is 437 g/mol. The standard InChI is InChI=1S/C24H18F3N3O2/c1-16(28-18-11-8-14-20(15-18)32-24(25,26)27)21-22(17-9-4-2-5-10-17)29-30(23(21)31)19-12-6-3-7-13-19/h2-15,29H,1H3. The van der Waals surface area contributed by atoms with Crippen molar-refractivity contribution in [1.82, 2.24) is 9.78 Å². The quantitative estimate of drug-likeness (QED) is 0.397. The van der Waals surface area contributed by atoms with Gasteiger partial charge in [0.05, 0.1) is 28.3 Å². The maximum Gasteiger partial charge on any atom is 0.573 e. The third-order valence-corrected chi connectivity index (χ3v) is 4.68. The molecule has 0 radical (unpaired) electrons. The fourth-order valence-electron chi connectivity index (χ4n) is 3.35. The molecule has 32 heavy (non-hydrogen) atoms. The predicted molar refractivity (Wildman–Crippen MR) is 117 cm³/mol. The fraction of sp³-hybridized carbons (Fsp3) is 0.0833. The van der Waals surface area contributed by atoms with Gasteiger partial charge in [0.2, 0.25) is 0 Å². The molecular formula is C24H18F3N3O2. The molecule has 162 valence electrons. The number of halogens is 3. The first kappa shape index (κ1) is 21.2. The van der Waals surface area contributed by atoms with E-state index in [1.807, 2.05) is 48.5 Å². The smallest absolute Gasteiger partial charge is 0.406 e. The molecule has 0 bridgehead atoms. The molecular weight excluding hydrogens is 419 g/mol. The van der Waals surface area contributed by atoms with E-state index >= 15 is 0 Å². The van der Waals surface area contributed by atoms with Gasteiger partial charge in [0.25, 0.3) is 5.56 Å². The van der Waals surface area contributed by atoms with Crippen molar-refractivity contribution in [3.05, 3.63) is 101 Å². The summed E-state index contributed by atoms with van der Waals surface area (Å²) in [6.45, 7) is 1.64. The highest BCUT2D eigenvalue weighted by molar-refractivity contribution is 6.04. The maximum absolute atomic E-state index is 13.3. The van der Waals surface area contributed by atoms with Gasteiger partial charge in [-0.15, -0.1) is 13.2 Å². The van der Waals surface area contributed by atoms with Crippen LogP contribution in [0.1, 0.15) is 12.5 Å². The van der Waals surface area contributed by atoms with Crippen molar-refractivity contribution < 1.29 is 17.9 Å². The minimum Gasteiger partial charge on any atom is -0.406 e. The van der Waals surface area contributed by atoms with E-state index in [4.69, 9.17) is 0 Å². The van der Waals surface area contributed by atoms with Crippen LogP contribution in [0, 0.1) is 0 Å². The number of hydrogen-bond donors (Lipinski definition) is 1. The molecule has 3 aromatic carbocycles. The van der Waals surface area contributed by atoms with Crippen LogP contribution in [0.25, 0.3) is 16.9 Å². The molecule has 0 spiro atoms. The van der Waals surface area contributed by atoms with E-state index in [1.54, 1.807) is 19.1 Å². The van der Waals surface area contributed by atoms with Gasteiger partial charge in [0.1, 0.15) is 5.75 Å². The number of nitrogens with one attached hydrogen (secondary N) is 1. The van der Waals surface area contributed by atoms with Gasteiger partial charge in [0.15, 0.2) is 0 Å². The van der Waals surface area contributed by atoms with E-state index in [1.165, 1.54) is 28.9 Å². The second-order valence-electron chi connectivity index (χ2n) is 6.95. The first-order chi connectivity index (χ1) is 15.3. The topological polar surface area (TPSA) is 59.4 Å². The van der Waals surface area contributed by atoms with Crippen LogP contribution >= 0.6 is 0 Å². The van der Waals surface area contributed by atoms with Gasteiger partial charge < -0.3 is 4.74 Å². The molecule has 1 N–H and O–H groups in total. The maximum atomic E-state index is 13.3. The average Bonchev–Trinajstić information content (AvgIpc) is 3.11. The van der Waals surface area contributed by atoms with Crippen molar-refractivity contribution >= 4 is 11.4 Å². The third-order valence-electron chi connectivity index (χ3n) is 4.68. The normalized spacial score (nSPS) is 12.1. The second-order valence-corrected chi connectivity index (χ2v) is 6.95. The molecule has 0 amide bonds. The van der Waals surface area contributed by atoms with Crippen molar-refractivity contribution in [1.29, 1.82) is 0 Å². The Bertz CT molecular complexity index is 1310. The second kappa shape index (κ2) is 8.58. The Morgan fingerprint density at radius 2 is 1.59 bits per heavy atom. The number of H-pyrrole nitrogens is 1. The molecule has 0 atom stereocenters. The number of ether oxygens (including phenoxy) is 1. The van der Waals surface area contributed by atoms with Gasteiger partial charge in [-0.2, -0.15) is 0 Å². The van der Waals surface area contributed by atoms with Crippen LogP contribution in [0.4, 0.5) is 18.9 Å². The molecule has 5 nitrogen and oxygen atoms in total. The summed E-state index contributed by atoms with van der Waals surface area (Å²) in [6.07, 6.45) is -4.80. The van der Waals surface area contributed by atoms with Crippen LogP contribution in [-0.2, 0) is 0 Å². The van der Waals surface area contributed by atoms with Crippen LogP contribution in [0.5, 0.6) is 5.75 Å². The fourth-order valence-corrected chi connectivity index (χ4v) is 3.35. The number of aromatic amines is 1. The summed E-state index contributed by atoms with van der Waals surface area (Å²) in [7, 11) is 0. The minimum atomic E-state index is -4.80. The summed E-state index contributed by atoms with van der Waals surface area (Å²) in [4.78, 5) is 17.7. The summed E-state index contributed by atoms with van der Waals surface area (Å²) in [6, 6.07) is 23.6. The highest BCUT2D eigenvalue weighted by Crippen LogP contribution is 2.28. The van der Waals surface area contributed by atoms with Crippen molar-refractivity contribution in [3.8, 4) is 22.7 Å². The van der Waals surface area contributed by atoms with Gasteiger partial charge in [0, 0.05) is 11.6 Å². The Hall–Kier alpha value is -4.07. The van der Waals surface area contributed by atoms with E-state index < -0.39 is 6.36 Å². The number of hydrogen-bond acceptors (Lipinski definition) is 3. The number of para-hydroxylation sites is 1. The Morgan fingerprint density at radius 3 is 2.25 bits per heavy atom. The first-order valence-electron chi connectivity index (χ1n) is 9.69. The zero-order chi connectivity index (χ0) is 22.7. The van der Waals surface area contributed by atoms with Crippen LogP contribution in [0.2, 0.25) is 0 Å². The zero-order valence-electron chi connectivity index (χ0n) is 16.9. The van der Waals surface area contributed by atoms with Crippen LogP contribution in [0.15, 0.2) is 94.7 Å². The predicted octanol–water partition coefficient (Wildman–Crippen LogP) is 5.87. The summed E-state index contributed by atoms with van der Waals surface area (Å²) in [5.74, 6) is -0.384. The SMILES string of the molecule is CC(=Nc1cccc(OC(F)(F)F)c1)c1c(-c2ccccc2)[nH]n(-c2ccccc2)c1=O. The van der Waals surface area contributed by atoms with E-state index in [2.05, 4.69) is 14.8 Å². The van der Waals surface area contributed by atoms with Gasteiger partial charge in [-0.1, -0.05) is 54.6 Å². The molecule has 0 fully saturated rings. The molecule has 4 rings (SSSR count). The van der Waals surface area contributed by atoms with Crippen LogP contribution in [-0.4, -0.2) is 21.9 Å². The molecule has 0 unspecified atom stereocenters. The third kappa shape index (κ3) is 4.64. The number of rotatable bonds is 5. The van der Waals surface area contributed by atoms with Crippen molar-refractivity contribution in [2.24, 2.45) is 4.99 Å². The number of benzene rings is 3. The Balaban J connectivity index is 1.83. The molecule has 1 aromatic heterocycles. The molecule has 0 aliphatic rings. The number of nitrogens with zero attached hydrogens (tertiary/aromatic N) is 2. The van der Waals surface area contributed by atoms with Crippen molar-refractivity contribution in [2.75, 3.05) is 0 Å². The summed E-state index contributed by atoms with van der Waals surface area (Å²) in [5, 5.41) is 3.14. The molecule has 4 aromatic rings. The first-order valence-corrected chi connectivity index (χ1v) is 9.69. The van der Waals surface area contributed by atoms with E-state index in [0.717, 1.165) is 5.56 Å². The Kier molecular flexibility index (Phi) is 5.68. The monoisotopic (exact) mass is 437 g/mol. The molecule has 8 heteroatoms. The molecule has 0 saturated heterocycles. The van der Waals surface area contributed by atoms with Crippen LogP contribution < -0.4 is 10.3 Å². The van der Waals surface area contributed by atoms with E-state index in [-0.39, 0.29) is 17.0 Å². The summed E-state index contributed by atoms with van der Waals surface area (Å²) < 4.78 is 43.0. The number of alkyl halides is 3. The highest BCUT2D eigenvalue weighted by atomic mass is 19.4. The molecule has 0 aliphatic carbocycles. The van der Waals surface area contributed by atoms with Crippen molar-refractivity contribution in [3.63, 3.8) is 0 Å². The lowest BCUT2D eigenvalue weighted by molar-refractivity contribution is -0.274. The Morgan fingerprint density at radius 1 is 0.938 bits per heavy atom. The number of aromatic nitrogens is 2. The summed E-state index contributed by atoms with van der Waals surface area (Å²) in [5.41, 5.74) is 2.57. The highest BCUT2D eigenvalue weighted by Gasteiger charge is 2.31. The number of aliphatic imine (C=N–C) groups is 1. The van der Waals surface area contributed by atoms with E-state index in [9.17, 15) is 18.0 Å². The summed E-state index contributed by atoms with van der Waals surface area (Å²) >= 11 is 0.